The zero-order valence-electron chi connectivity index (χ0n) is 12.6. The molecule has 0 aromatic rings. The maximum Gasteiger partial charge on any atom is 0.139 e. The summed E-state index contributed by atoms with van der Waals surface area (Å²) in [7, 11) is 0. The smallest absolute Gasteiger partial charge is 0.139 e. The fraction of sp³-hybridized carbons (Fsp3) is 0.800. The Kier molecular flexibility index (Phi) is 22.6. The third kappa shape index (κ3) is 21.3. The second kappa shape index (κ2) is 17.8. The summed E-state index contributed by atoms with van der Waals surface area (Å²) in [6.45, 7) is 13.4. The average Bonchev–Trinajstić information content (AvgIpc) is 2.38. The molecule has 2 nitrogen and oxygen atoms in total. The second-order valence-corrected chi connectivity index (χ2v) is 3.87. The van der Waals surface area contributed by atoms with Crippen LogP contribution in [0.25, 0.3) is 0 Å². The van der Waals surface area contributed by atoms with Gasteiger partial charge in [0.2, 0.25) is 0 Å². The lowest BCUT2D eigenvalue weighted by Gasteiger charge is -2.15. The SMILES string of the molecule is C=CCCCCCC[C@](C)(N)C=O.CC.CC.[HH]. The molecular weight excluding hydrogens is 210 g/mol. The van der Waals surface area contributed by atoms with Crippen molar-refractivity contribution in [3.63, 3.8) is 0 Å². The molecule has 0 saturated heterocycles. The van der Waals surface area contributed by atoms with Crippen molar-refractivity contribution in [2.75, 3.05) is 0 Å². The Morgan fingerprint density at radius 2 is 1.59 bits per heavy atom. The highest BCUT2D eigenvalue weighted by Crippen LogP contribution is 2.11. The minimum absolute atomic E-state index is 0. The zero-order chi connectivity index (χ0) is 14.2. The van der Waals surface area contributed by atoms with Gasteiger partial charge in [-0.15, -0.1) is 6.58 Å². The summed E-state index contributed by atoms with van der Waals surface area (Å²) in [6.07, 6.45) is 9.29. The summed E-state index contributed by atoms with van der Waals surface area (Å²) >= 11 is 0. The number of carbonyl (C=O) groups excluding carboxylic acids is 1. The molecule has 0 spiro atoms. The van der Waals surface area contributed by atoms with Gasteiger partial charge in [-0.2, -0.15) is 0 Å². The van der Waals surface area contributed by atoms with Gasteiger partial charge in [-0.25, -0.2) is 0 Å². The normalized spacial score (nSPS) is 12.1. The molecule has 0 heterocycles. The van der Waals surface area contributed by atoms with Gasteiger partial charge in [-0.3, -0.25) is 0 Å². The van der Waals surface area contributed by atoms with E-state index in [1.165, 1.54) is 12.8 Å². The van der Waals surface area contributed by atoms with E-state index in [-0.39, 0.29) is 1.43 Å². The van der Waals surface area contributed by atoms with Gasteiger partial charge in [0.25, 0.3) is 0 Å². The van der Waals surface area contributed by atoms with Crippen LogP contribution in [-0.2, 0) is 4.79 Å². The molecule has 0 radical (unpaired) electrons. The molecule has 0 amide bonds. The third-order valence-corrected chi connectivity index (χ3v) is 2.14. The molecule has 106 valence electrons. The highest BCUT2D eigenvalue weighted by atomic mass is 16.1. The van der Waals surface area contributed by atoms with Crippen LogP contribution in [0.1, 0.15) is 74.6 Å². The van der Waals surface area contributed by atoms with Crippen molar-refractivity contribution < 1.29 is 6.22 Å². The van der Waals surface area contributed by atoms with Crippen LogP contribution in [0.5, 0.6) is 0 Å². The summed E-state index contributed by atoms with van der Waals surface area (Å²) in [6, 6.07) is 0. The molecular formula is C15H35NO. The maximum atomic E-state index is 10.5. The number of hydrogen-bond donors (Lipinski definition) is 1. The van der Waals surface area contributed by atoms with E-state index in [1.807, 2.05) is 33.8 Å². The van der Waals surface area contributed by atoms with Crippen LogP contribution in [0.4, 0.5) is 0 Å². The van der Waals surface area contributed by atoms with Crippen LogP contribution in [0, 0.1) is 0 Å². The Labute approximate surface area is 110 Å². The molecule has 1 atom stereocenters. The van der Waals surface area contributed by atoms with E-state index >= 15 is 0 Å². The first-order valence-corrected chi connectivity index (χ1v) is 6.98. The summed E-state index contributed by atoms with van der Waals surface area (Å²) in [5.41, 5.74) is 5.06. The van der Waals surface area contributed by atoms with Crippen molar-refractivity contribution in [2.45, 2.75) is 78.7 Å². The van der Waals surface area contributed by atoms with Crippen LogP contribution in [-0.4, -0.2) is 11.8 Å². The molecule has 2 heteroatoms. The largest absolute Gasteiger partial charge is 0.319 e. The van der Waals surface area contributed by atoms with E-state index in [0.717, 1.165) is 32.0 Å². The molecule has 17 heavy (non-hydrogen) atoms. The molecule has 0 rings (SSSR count). The fourth-order valence-corrected chi connectivity index (χ4v) is 1.21. The number of nitrogens with two attached hydrogens (primary N) is 1. The summed E-state index contributed by atoms with van der Waals surface area (Å²) in [4.78, 5) is 10.5. The van der Waals surface area contributed by atoms with Crippen molar-refractivity contribution in [1.82, 2.24) is 0 Å². The molecule has 0 aliphatic rings. The van der Waals surface area contributed by atoms with Crippen LogP contribution < -0.4 is 5.73 Å². The van der Waals surface area contributed by atoms with E-state index in [0.29, 0.717) is 0 Å². The van der Waals surface area contributed by atoms with E-state index in [4.69, 9.17) is 5.73 Å². The summed E-state index contributed by atoms with van der Waals surface area (Å²) < 4.78 is 0. The van der Waals surface area contributed by atoms with E-state index in [2.05, 4.69) is 6.58 Å². The van der Waals surface area contributed by atoms with Crippen LogP contribution in [0.2, 0.25) is 0 Å². The Bertz CT molecular complexity index is 159. The summed E-state index contributed by atoms with van der Waals surface area (Å²) in [5.74, 6) is 0. The topological polar surface area (TPSA) is 43.1 Å². The number of allylic oxidation sites excluding steroid dienone is 1. The lowest BCUT2D eigenvalue weighted by Crippen LogP contribution is -2.37. The maximum absolute atomic E-state index is 10.5. The first kappa shape index (κ1) is 21.6. The number of aldehydes is 1. The van der Waals surface area contributed by atoms with Crippen LogP contribution in [0.15, 0.2) is 12.7 Å². The van der Waals surface area contributed by atoms with Gasteiger partial charge < -0.3 is 10.5 Å². The Morgan fingerprint density at radius 3 is 2.00 bits per heavy atom. The Hall–Kier alpha value is -0.630. The lowest BCUT2D eigenvalue weighted by atomic mass is 9.97. The van der Waals surface area contributed by atoms with Gasteiger partial charge in [0.05, 0.1) is 5.54 Å². The molecule has 0 aliphatic heterocycles. The molecule has 0 saturated carbocycles. The van der Waals surface area contributed by atoms with Gasteiger partial charge in [-0.1, -0.05) is 53.0 Å². The van der Waals surface area contributed by atoms with Gasteiger partial charge in [0.1, 0.15) is 6.29 Å². The van der Waals surface area contributed by atoms with Gasteiger partial charge >= 0.3 is 0 Å². The van der Waals surface area contributed by atoms with Gasteiger partial charge in [0, 0.05) is 1.43 Å². The zero-order valence-corrected chi connectivity index (χ0v) is 12.6. The van der Waals surface area contributed by atoms with E-state index in [1.54, 1.807) is 6.92 Å². The minimum atomic E-state index is -0.613. The Morgan fingerprint density at radius 1 is 1.12 bits per heavy atom. The minimum Gasteiger partial charge on any atom is -0.319 e. The molecule has 0 bridgehead atoms. The monoisotopic (exact) mass is 245 g/mol. The summed E-state index contributed by atoms with van der Waals surface area (Å²) in [5, 5.41) is 0. The molecule has 2 N–H and O–H groups in total. The number of unbranched alkanes of at least 4 members (excludes halogenated alkanes) is 4. The second-order valence-electron chi connectivity index (χ2n) is 3.87. The first-order chi connectivity index (χ1) is 8.12. The van der Waals surface area contributed by atoms with Gasteiger partial charge in [-0.05, 0) is 26.2 Å². The van der Waals surface area contributed by atoms with Crippen LogP contribution in [0.3, 0.4) is 0 Å². The van der Waals surface area contributed by atoms with E-state index in [9.17, 15) is 4.79 Å². The van der Waals surface area contributed by atoms with Crippen molar-refractivity contribution in [3.05, 3.63) is 12.7 Å². The highest BCUT2D eigenvalue weighted by Gasteiger charge is 2.15. The number of carbonyl (C=O) groups is 1. The molecule has 0 aromatic heterocycles. The molecule has 0 unspecified atom stereocenters. The quantitative estimate of drug-likeness (QED) is 0.382. The van der Waals surface area contributed by atoms with Crippen molar-refractivity contribution in [3.8, 4) is 0 Å². The Balaban J connectivity index is -0.000000177. The lowest BCUT2D eigenvalue weighted by molar-refractivity contribution is -0.112. The van der Waals surface area contributed by atoms with Crippen molar-refractivity contribution >= 4 is 6.29 Å². The predicted octanol–water partition coefficient (Wildman–Crippen LogP) is 4.73. The highest BCUT2D eigenvalue weighted by molar-refractivity contribution is 5.62. The van der Waals surface area contributed by atoms with Crippen molar-refractivity contribution in [1.29, 1.82) is 0 Å². The molecule has 0 fully saturated rings. The average molecular weight is 245 g/mol. The number of hydrogen-bond acceptors (Lipinski definition) is 2. The van der Waals surface area contributed by atoms with E-state index < -0.39 is 5.54 Å². The molecule has 0 aromatic carbocycles. The molecule has 0 aliphatic carbocycles. The third-order valence-electron chi connectivity index (χ3n) is 2.14. The first-order valence-electron chi connectivity index (χ1n) is 6.98. The standard InChI is InChI=1S/C11H21NO.2C2H6.H2/c1-3-4-5-6-7-8-9-11(2,12)10-13;2*1-2;/h3,10H,1,4-9,12H2,2H3;2*1-2H3;1H/t11-;;;/m0.../s1. The van der Waals surface area contributed by atoms with Gasteiger partial charge in [0.15, 0.2) is 0 Å². The van der Waals surface area contributed by atoms with Crippen molar-refractivity contribution in [2.24, 2.45) is 5.73 Å². The predicted molar refractivity (Wildman–Crippen MR) is 81.4 cm³/mol. The fourth-order valence-electron chi connectivity index (χ4n) is 1.21. The number of rotatable bonds is 8. The van der Waals surface area contributed by atoms with Crippen LogP contribution >= 0.6 is 0 Å².